The Morgan fingerprint density at radius 3 is 1.89 bits per heavy atom. The highest BCUT2D eigenvalue weighted by atomic mass is 15.1. The summed E-state index contributed by atoms with van der Waals surface area (Å²) in [7, 11) is 0. The van der Waals surface area contributed by atoms with Gasteiger partial charge in [-0.1, -0.05) is 138 Å². The molecule has 57 heavy (non-hydrogen) atoms. The van der Waals surface area contributed by atoms with Crippen molar-refractivity contribution in [3.05, 3.63) is 149 Å². The number of rotatable bonds is 7. The number of nitrogens with zero attached hydrogens (tertiary/aromatic N) is 1. The first-order valence-corrected chi connectivity index (χ1v) is 22.8. The van der Waals surface area contributed by atoms with Crippen LogP contribution in [0.2, 0.25) is 0 Å². The second kappa shape index (κ2) is 14.3. The van der Waals surface area contributed by atoms with Crippen LogP contribution >= 0.6 is 0 Å². The molecule has 3 unspecified atom stereocenters. The van der Waals surface area contributed by atoms with Gasteiger partial charge in [-0.25, -0.2) is 0 Å². The lowest BCUT2D eigenvalue weighted by Crippen LogP contribution is -2.17. The van der Waals surface area contributed by atoms with Crippen LogP contribution in [-0.2, 0) is 5.41 Å². The fourth-order valence-electron chi connectivity index (χ4n) is 12.6. The lowest BCUT2D eigenvalue weighted by atomic mass is 9.81. The first kappa shape index (κ1) is 35.5. The van der Waals surface area contributed by atoms with Crippen LogP contribution in [0.1, 0.15) is 149 Å². The second-order valence-corrected chi connectivity index (χ2v) is 19.4. The fraction of sp³-hybridized carbons (Fsp3) is 0.393. The summed E-state index contributed by atoms with van der Waals surface area (Å²) in [5.41, 5.74) is 16.5. The smallest absolute Gasteiger partial charge is 0.0540 e. The highest BCUT2D eigenvalue weighted by Gasteiger charge is 2.40. The van der Waals surface area contributed by atoms with Crippen molar-refractivity contribution in [2.24, 2.45) is 11.8 Å². The standard InChI is InChI=1S/C56H59N/c1-56(2)53-31-26-45(41-20-18-40(19-21-41)38-10-5-3-6-11-38)35-52(53)49-30-29-48(36-54(49)56)57(47-27-24-43(25-28-47)50-33-37-16-17-46(50)32-37)55-15-9-14-42-22-23-44(34-51(42)55)39-12-7-4-8-13-39/h9,14-15,18-31,34-39,46,50H,3-8,10-13,16-17,32-33H2,1-2H3. The van der Waals surface area contributed by atoms with Crippen LogP contribution in [0, 0.1) is 11.8 Å². The summed E-state index contributed by atoms with van der Waals surface area (Å²) in [5, 5.41) is 2.68. The molecule has 0 radical (unpaired) electrons. The molecular formula is C56H59N. The van der Waals surface area contributed by atoms with E-state index in [0.29, 0.717) is 5.92 Å². The van der Waals surface area contributed by atoms with Gasteiger partial charge in [0.15, 0.2) is 0 Å². The molecule has 2 bridgehead atoms. The Balaban J connectivity index is 0.992. The van der Waals surface area contributed by atoms with Gasteiger partial charge in [-0.2, -0.15) is 0 Å². The zero-order chi connectivity index (χ0) is 38.1. The van der Waals surface area contributed by atoms with E-state index in [1.54, 1.807) is 5.56 Å². The van der Waals surface area contributed by atoms with Gasteiger partial charge in [0.05, 0.1) is 5.69 Å². The number of fused-ring (bicyclic) bond motifs is 6. The molecule has 0 aliphatic heterocycles. The molecule has 6 aromatic carbocycles. The molecular weight excluding hydrogens is 687 g/mol. The van der Waals surface area contributed by atoms with Crippen molar-refractivity contribution >= 4 is 27.8 Å². The molecule has 0 amide bonds. The number of hydrogen-bond acceptors (Lipinski definition) is 1. The Labute approximate surface area is 341 Å². The minimum Gasteiger partial charge on any atom is -0.310 e. The van der Waals surface area contributed by atoms with Crippen LogP contribution in [0.15, 0.2) is 121 Å². The van der Waals surface area contributed by atoms with Gasteiger partial charge in [0, 0.05) is 22.2 Å². The van der Waals surface area contributed by atoms with Gasteiger partial charge in [0.25, 0.3) is 0 Å². The predicted octanol–water partition coefficient (Wildman–Crippen LogP) is 16.3. The number of anilines is 3. The van der Waals surface area contributed by atoms with Crippen molar-refractivity contribution in [2.45, 2.75) is 127 Å². The maximum Gasteiger partial charge on any atom is 0.0540 e. The van der Waals surface area contributed by atoms with Crippen LogP contribution in [0.4, 0.5) is 17.1 Å². The highest BCUT2D eigenvalue weighted by molar-refractivity contribution is 6.00. The molecule has 0 saturated heterocycles. The maximum absolute atomic E-state index is 2.58. The molecule has 4 saturated carbocycles. The largest absolute Gasteiger partial charge is 0.310 e. The Morgan fingerprint density at radius 1 is 0.491 bits per heavy atom. The summed E-state index contributed by atoms with van der Waals surface area (Å²) in [5.74, 6) is 3.98. The van der Waals surface area contributed by atoms with Crippen LogP contribution < -0.4 is 4.90 Å². The fourth-order valence-corrected chi connectivity index (χ4v) is 12.6. The van der Waals surface area contributed by atoms with Gasteiger partial charge in [-0.3, -0.25) is 0 Å². The van der Waals surface area contributed by atoms with E-state index in [9.17, 15) is 0 Å². The van der Waals surface area contributed by atoms with Crippen molar-refractivity contribution in [3.8, 4) is 22.3 Å². The second-order valence-electron chi connectivity index (χ2n) is 19.4. The normalized spacial score (nSPS) is 22.8. The zero-order valence-electron chi connectivity index (χ0n) is 34.3. The third kappa shape index (κ3) is 6.27. The van der Waals surface area contributed by atoms with Crippen molar-refractivity contribution in [1.29, 1.82) is 0 Å². The van der Waals surface area contributed by atoms with E-state index in [0.717, 1.165) is 23.7 Å². The maximum atomic E-state index is 2.58. The Kier molecular flexibility index (Phi) is 8.94. The number of hydrogen-bond donors (Lipinski definition) is 0. The van der Waals surface area contributed by atoms with Gasteiger partial charge >= 0.3 is 0 Å². The highest BCUT2D eigenvalue weighted by Crippen LogP contribution is 2.54. The summed E-state index contributed by atoms with van der Waals surface area (Å²) < 4.78 is 0. The molecule has 6 aromatic rings. The number of benzene rings is 6. The topological polar surface area (TPSA) is 3.24 Å². The Bertz CT molecular complexity index is 2420. The molecule has 5 aliphatic carbocycles. The van der Waals surface area contributed by atoms with Crippen molar-refractivity contribution in [3.63, 3.8) is 0 Å². The average Bonchev–Trinajstić information content (AvgIpc) is 3.97. The first-order chi connectivity index (χ1) is 28.0. The molecule has 11 rings (SSSR count). The molecule has 0 aromatic heterocycles. The van der Waals surface area contributed by atoms with E-state index < -0.39 is 0 Å². The molecule has 1 nitrogen and oxygen atoms in total. The van der Waals surface area contributed by atoms with Gasteiger partial charge in [-0.05, 0) is 172 Å². The SMILES string of the molecule is CC1(C)c2ccc(-c3ccc(C4CCCCC4)cc3)cc2-c2ccc(N(c3ccc(C4CC5CCC4C5)cc3)c3cccc4ccc(C5CCCCC5)cc34)cc21. The average molecular weight is 746 g/mol. The summed E-state index contributed by atoms with van der Waals surface area (Å²) in [4.78, 5) is 2.58. The van der Waals surface area contributed by atoms with Gasteiger partial charge in [0.1, 0.15) is 0 Å². The van der Waals surface area contributed by atoms with E-state index >= 15 is 0 Å². The minimum absolute atomic E-state index is 0.103. The molecule has 0 spiro atoms. The third-order valence-corrected chi connectivity index (χ3v) is 15.8. The molecule has 0 N–H and O–H groups in total. The van der Waals surface area contributed by atoms with E-state index in [4.69, 9.17) is 0 Å². The van der Waals surface area contributed by atoms with Crippen molar-refractivity contribution in [1.82, 2.24) is 0 Å². The minimum atomic E-state index is -0.103. The molecule has 3 atom stereocenters. The molecule has 4 fully saturated rings. The molecule has 5 aliphatic rings. The predicted molar refractivity (Wildman–Crippen MR) is 241 cm³/mol. The van der Waals surface area contributed by atoms with Crippen LogP contribution in [0.3, 0.4) is 0 Å². The van der Waals surface area contributed by atoms with Crippen LogP contribution in [0.5, 0.6) is 0 Å². The first-order valence-electron chi connectivity index (χ1n) is 22.8. The van der Waals surface area contributed by atoms with Crippen LogP contribution in [0.25, 0.3) is 33.0 Å². The van der Waals surface area contributed by atoms with Gasteiger partial charge in [-0.15, -0.1) is 0 Å². The van der Waals surface area contributed by atoms with Gasteiger partial charge < -0.3 is 4.90 Å². The van der Waals surface area contributed by atoms with Crippen LogP contribution in [-0.4, -0.2) is 0 Å². The quantitative estimate of drug-likeness (QED) is 0.157. The van der Waals surface area contributed by atoms with Crippen molar-refractivity contribution in [2.75, 3.05) is 4.90 Å². The lowest BCUT2D eigenvalue weighted by molar-refractivity contribution is 0.420. The van der Waals surface area contributed by atoms with E-state index in [1.807, 2.05) is 0 Å². The van der Waals surface area contributed by atoms with E-state index in [2.05, 4.69) is 140 Å². The van der Waals surface area contributed by atoms with E-state index in [1.165, 1.54) is 162 Å². The molecule has 1 heteroatoms. The summed E-state index contributed by atoms with van der Waals surface area (Å²) in [6.45, 7) is 4.87. The zero-order valence-corrected chi connectivity index (χ0v) is 34.3. The lowest BCUT2D eigenvalue weighted by Gasteiger charge is -2.30. The Morgan fingerprint density at radius 2 is 1.18 bits per heavy atom. The van der Waals surface area contributed by atoms with Crippen molar-refractivity contribution < 1.29 is 0 Å². The molecule has 288 valence electrons. The van der Waals surface area contributed by atoms with E-state index in [-0.39, 0.29) is 5.41 Å². The summed E-state index contributed by atoms with van der Waals surface area (Å²) in [6.07, 6.45) is 19.3. The Hall–Kier alpha value is -4.62. The van der Waals surface area contributed by atoms with Gasteiger partial charge in [0.2, 0.25) is 0 Å². The molecule has 0 heterocycles. The third-order valence-electron chi connectivity index (χ3n) is 15.8. The monoisotopic (exact) mass is 745 g/mol. The summed E-state index contributed by atoms with van der Waals surface area (Å²) >= 11 is 0. The summed E-state index contributed by atoms with van der Waals surface area (Å²) in [6, 6.07) is 48.3.